The largest absolute Gasteiger partial charge is 0.494 e. The van der Waals surface area contributed by atoms with Crippen molar-refractivity contribution in [3.05, 3.63) is 88.4 Å². The topological polar surface area (TPSA) is 30.8 Å². The Morgan fingerprint density at radius 2 is 1.65 bits per heavy atom. The minimum Gasteiger partial charge on any atom is -0.494 e. The van der Waals surface area contributed by atoms with Gasteiger partial charge in [0.15, 0.2) is 0 Å². The van der Waals surface area contributed by atoms with E-state index in [4.69, 9.17) is 9.47 Å². The molecule has 0 aromatic heterocycles. The molecule has 0 amide bonds. The average Bonchev–Trinajstić information content (AvgIpc) is 2.68. The molecule has 0 unspecified atom stereocenters. The van der Waals surface area contributed by atoms with Crippen LogP contribution in [0.1, 0.15) is 18.1 Å². The molecule has 0 radical (unpaired) electrons. The highest BCUT2D eigenvalue weighted by molar-refractivity contribution is 9.10. The van der Waals surface area contributed by atoms with Gasteiger partial charge in [0.2, 0.25) is 0 Å². The molecule has 0 heterocycles. The SMILES string of the molecule is CCOc1ccc(N=Cc2cccc(OCc3ccc(Br)cc3)c2)cc1. The molecule has 3 aromatic carbocycles. The van der Waals surface area contributed by atoms with Gasteiger partial charge < -0.3 is 9.47 Å². The Bertz CT molecular complexity index is 858. The van der Waals surface area contributed by atoms with Gasteiger partial charge in [0.25, 0.3) is 0 Å². The minimum absolute atomic E-state index is 0.534. The smallest absolute Gasteiger partial charge is 0.120 e. The standard InChI is InChI=1S/C22H20BrNO2/c1-2-25-21-12-10-20(11-13-21)24-15-18-4-3-5-22(14-18)26-16-17-6-8-19(23)9-7-17/h3-15H,2,16H2,1H3. The van der Waals surface area contributed by atoms with Gasteiger partial charge in [0.05, 0.1) is 12.3 Å². The zero-order valence-corrected chi connectivity index (χ0v) is 16.1. The first-order valence-corrected chi connectivity index (χ1v) is 9.26. The molecular formula is C22H20BrNO2. The van der Waals surface area contributed by atoms with Crippen LogP contribution >= 0.6 is 15.9 Å². The lowest BCUT2D eigenvalue weighted by molar-refractivity contribution is 0.306. The molecule has 0 N–H and O–H groups in total. The molecule has 0 saturated heterocycles. The predicted molar refractivity (Wildman–Crippen MR) is 110 cm³/mol. The third-order valence-corrected chi connectivity index (χ3v) is 4.22. The van der Waals surface area contributed by atoms with Crippen molar-refractivity contribution in [2.45, 2.75) is 13.5 Å². The third kappa shape index (κ3) is 5.46. The van der Waals surface area contributed by atoms with Crippen molar-refractivity contribution in [1.29, 1.82) is 0 Å². The molecule has 3 rings (SSSR count). The summed E-state index contributed by atoms with van der Waals surface area (Å²) in [5, 5.41) is 0. The Kier molecular flexibility index (Phi) is 6.45. The maximum absolute atomic E-state index is 5.87. The summed E-state index contributed by atoms with van der Waals surface area (Å²) in [5.74, 6) is 1.68. The molecule has 0 spiro atoms. The van der Waals surface area contributed by atoms with Crippen molar-refractivity contribution in [3.63, 3.8) is 0 Å². The van der Waals surface area contributed by atoms with Crippen LogP contribution in [0.5, 0.6) is 11.5 Å². The molecule has 0 aliphatic heterocycles. The second-order valence-electron chi connectivity index (χ2n) is 5.67. The van der Waals surface area contributed by atoms with Crippen molar-refractivity contribution in [3.8, 4) is 11.5 Å². The minimum atomic E-state index is 0.534. The lowest BCUT2D eigenvalue weighted by atomic mass is 10.2. The molecule has 0 bridgehead atoms. The molecule has 0 atom stereocenters. The number of aliphatic imine (C=N–C) groups is 1. The van der Waals surface area contributed by atoms with Crippen molar-refractivity contribution in [2.75, 3.05) is 6.61 Å². The highest BCUT2D eigenvalue weighted by Gasteiger charge is 1.98. The number of rotatable bonds is 7. The van der Waals surface area contributed by atoms with Crippen LogP contribution in [0, 0.1) is 0 Å². The maximum atomic E-state index is 5.87. The molecule has 4 heteroatoms. The quantitative estimate of drug-likeness (QED) is 0.436. The summed E-state index contributed by atoms with van der Waals surface area (Å²) in [6, 6.07) is 23.7. The van der Waals surface area contributed by atoms with E-state index in [0.29, 0.717) is 13.2 Å². The lowest BCUT2D eigenvalue weighted by Gasteiger charge is -2.07. The summed E-state index contributed by atoms with van der Waals surface area (Å²) in [6.07, 6.45) is 1.84. The summed E-state index contributed by atoms with van der Waals surface area (Å²) in [4.78, 5) is 4.51. The molecule has 3 aromatic rings. The Balaban J connectivity index is 1.62. The summed E-state index contributed by atoms with van der Waals surface area (Å²) in [6.45, 7) is 3.17. The lowest BCUT2D eigenvalue weighted by Crippen LogP contribution is -1.95. The third-order valence-electron chi connectivity index (χ3n) is 3.69. The van der Waals surface area contributed by atoms with Crippen LogP contribution in [0.25, 0.3) is 0 Å². The van der Waals surface area contributed by atoms with E-state index >= 15 is 0 Å². The molecule has 3 nitrogen and oxygen atoms in total. The van der Waals surface area contributed by atoms with E-state index in [-0.39, 0.29) is 0 Å². The van der Waals surface area contributed by atoms with Gasteiger partial charge >= 0.3 is 0 Å². The van der Waals surface area contributed by atoms with Gasteiger partial charge in [0, 0.05) is 10.7 Å². The fraction of sp³-hybridized carbons (Fsp3) is 0.136. The Morgan fingerprint density at radius 1 is 0.885 bits per heavy atom. The van der Waals surface area contributed by atoms with Crippen molar-refractivity contribution >= 4 is 27.8 Å². The summed E-state index contributed by atoms with van der Waals surface area (Å²) in [5.41, 5.74) is 3.00. The summed E-state index contributed by atoms with van der Waals surface area (Å²) in [7, 11) is 0. The van der Waals surface area contributed by atoms with Gasteiger partial charge in [-0.15, -0.1) is 0 Å². The van der Waals surface area contributed by atoms with Crippen LogP contribution in [0.4, 0.5) is 5.69 Å². The van der Waals surface area contributed by atoms with Crippen LogP contribution in [0.2, 0.25) is 0 Å². The Morgan fingerprint density at radius 3 is 2.38 bits per heavy atom. The fourth-order valence-corrected chi connectivity index (χ4v) is 2.64. The molecular weight excluding hydrogens is 390 g/mol. The van der Waals surface area contributed by atoms with Crippen LogP contribution in [-0.4, -0.2) is 12.8 Å². The molecule has 0 saturated carbocycles. The van der Waals surface area contributed by atoms with Crippen LogP contribution < -0.4 is 9.47 Å². The fourth-order valence-electron chi connectivity index (χ4n) is 2.38. The summed E-state index contributed by atoms with van der Waals surface area (Å²) < 4.78 is 12.4. The highest BCUT2D eigenvalue weighted by atomic mass is 79.9. The molecule has 0 fully saturated rings. The van der Waals surface area contributed by atoms with Crippen LogP contribution in [0.15, 0.2) is 82.3 Å². The zero-order valence-electron chi connectivity index (χ0n) is 14.6. The van der Waals surface area contributed by atoms with Gasteiger partial charge in [-0.3, -0.25) is 4.99 Å². The summed E-state index contributed by atoms with van der Waals surface area (Å²) >= 11 is 3.44. The van der Waals surface area contributed by atoms with Crippen LogP contribution in [-0.2, 0) is 6.61 Å². The Labute approximate surface area is 162 Å². The van der Waals surface area contributed by atoms with Gasteiger partial charge in [-0.1, -0.05) is 40.2 Å². The van der Waals surface area contributed by atoms with E-state index < -0.39 is 0 Å². The molecule has 26 heavy (non-hydrogen) atoms. The second kappa shape index (κ2) is 9.20. The van der Waals surface area contributed by atoms with E-state index in [9.17, 15) is 0 Å². The van der Waals surface area contributed by atoms with Gasteiger partial charge in [0.1, 0.15) is 18.1 Å². The van der Waals surface area contributed by atoms with Crippen LogP contribution in [0.3, 0.4) is 0 Å². The highest BCUT2D eigenvalue weighted by Crippen LogP contribution is 2.19. The van der Waals surface area contributed by atoms with Gasteiger partial charge in [-0.05, 0) is 66.6 Å². The number of ether oxygens (including phenoxy) is 2. The van der Waals surface area contributed by atoms with E-state index in [1.807, 2.05) is 85.9 Å². The number of halogens is 1. The Hall–Kier alpha value is -2.59. The number of nitrogens with zero attached hydrogens (tertiary/aromatic N) is 1. The predicted octanol–water partition coefficient (Wildman–Crippen LogP) is 6.18. The average molecular weight is 410 g/mol. The number of benzene rings is 3. The maximum Gasteiger partial charge on any atom is 0.120 e. The van der Waals surface area contributed by atoms with E-state index in [1.165, 1.54) is 0 Å². The van der Waals surface area contributed by atoms with E-state index in [0.717, 1.165) is 32.8 Å². The number of hydrogen-bond donors (Lipinski definition) is 0. The molecule has 132 valence electrons. The first-order chi connectivity index (χ1) is 12.7. The first kappa shape index (κ1) is 18.2. The van der Waals surface area contributed by atoms with Crippen molar-refractivity contribution in [2.24, 2.45) is 4.99 Å². The van der Waals surface area contributed by atoms with Crippen molar-refractivity contribution < 1.29 is 9.47 Å². The van der Waals surface area contributed by atoms with Gasteiger partial charge in [-0.25, -0.2) is 0 Å². The van der Waals surface area contributed by atoms with E-state index in [1.54, 1.807) is 0 Å². The van der Waals surface area contributed by atoms with E-state index in [2.05, 4.69) is 20.9 Å². The zero-order chi connectivity index (χ0) is 18.2. The first-order valence-electron chi connectivity index (χ1n) is 8.47. The normalized spacial score (nSPS) is 10.8. The number of hydrogen-bond acceptors (Lipinski definition) is 3. The molecule has 0 aliphatic rings. The molecule has 0 aliphatic carbocycles. The second-order valence-corrected chi connectivity index (χ2v) is 6.59. The van der Waals surface area contributed by atoms with Gasteiger partial charge in [-0.2, -0.15) is 0 Å². The monoisotopic (exact) mass is 409 g/mol. The van der Waals surface area contributed by atoms with Crippen molar-refractivity contribution in [1.82, 2.24) is 0 Å².